The Morgan fingerprint density at radius 1 is 0.766 bits per heavy atom. The van der Waals surface area contributed by atoms with E-state index in [1.54, 1.807) is 31.2 Å². The third-order valence-corrected chi connectivity index (χ3v) is 12.5. The summed E-state index contributed by atoms with van der Waals surface area (Å²) in [6.45, 7) is 3.42. The molecule has 3 heterocycles. The molecule has 0 bridgehead atoms. The lowest BCUT2D eigenvalue weighted by molar-refractivity contribution is -0.144. The van der Waals surface area contributed by atoms with Gasteiger partial charge in [0.15, 0.2) is 6.10 Å². The molecule has 18 heteroatoms. The lowest BCUT2D eigenvalue weighted by Crippen LogP contribution is -2.61. The number of fused-ring (bicyclic) bond motifs is 2. The molecule has 9 N–H and O–H groups in total. The third kappa shape index (κ3) is 13.6. The molecule has 3 fully saturated rings. The van der Waals surface area contributed by atoms with E-state index in [2.05, 4.69) is 26.6 Å². The summed E-state index contributed by atoms with van der Waals surface area (Å²) < 4.78 is 0. The second-order valence-corrected chi connectivity index (χ2v) is 17.2. The number of amides is 8. The molecule has 0 aliphatic carbocycles. The number of nitrogens with two attached hydrogens (primary N) is 1. The van der Waals surface area contributed by atoms with Gasteiger partial charge in [0.2, 0.25) is 41.4 Å². The van der Waals surface area contributed by atoms with Gasteiger partial charge in [0, 0.05) is 25.9 Å². The van der Waals surface area contributed by atoms with Crippen molar-refractivity contribution in [2.45, 2.75) is 139 Å². The van der Waals surface area contributed by atoms with E-state index in [0.29, 0.717) is 32.1 Å². The van der Waals surface area contributed by atoms with Gasteiger partial charge in [-0.3, -0.25) is 38.4 Å². The molecule has 348 valence electrons. The standard InChI is InChI=1S/C46H64N8O10/c1-3-28(2)39-46(64)54-24-12-20-36(54)44(62)50-33(26-31(55)18-10-17-29-13-6-4-7-14-29)40(58)45(63)49-32(21-22-37(47)56)41(59)48-27-38(57)53-23-11-19-35(53)43(61)51-34(42(60)52-39)25-30-15-8-5-9-16-30/h4-9,13-16,28,31-36,39-40,55,58H,3,10-12,17-27H2,1-2H3,(H2,47,56)(H,48,59)(H,49,63)(H,50,62)(H,51,61)(H,52,60). The first-order valence-corrected chi connectivity index (χ1v) is 22.5. The molecule has 9 unspecified atom stereocenters. The highest BCUT2D eigenvalue weighted by atomic mass is 16.3. The van der Waals surface area contributed by atoms with E-state index in [4.69, 9.17) is 5.73 Å². The van der Waals surface area contributed by atoms with Crippen LogP contribution in [0.1, 0.15) is 89.2 Å². The van der Waals surface area contributed by atoms with Crippen molar-refractivity contribution in [3.63, 3.8) is 0 Å². The van der Waals surface area contributed by atoms with Crippen LogP contribution in [0.4, 0.5) is 0 Å². The zero-order chi connectivity index (χ0) is 46.3. The smallest absolute Gasteiger partial charge is 0.251 e. The molecule has 8 amide bonds. The normalized spacial score (nSPS) is 26.5. The summed E-state index contributed by atoms with van der Waals surface area (Å²) in [6, 6.07) is 11.4. The Bertz CT molecular complexity index is 1950. The van der Waals surface area contributed by atoms with Crippen LogP contribution in [-0.2, 0) is 51.2 Å². The fourth-order valence-corrected chi connectivity index (χ4v) is 8.61. The Kier molecular flexibility index (Phi) is 18.2. The third-order valence-electron chi connectivity index (χ3n) is 12.5. The summed E-state index contributed by atoms with van der Waals surface area (Å²) in [4.78, 5) is 113. The fourth-order valence-electron chi connectivity index (χ4n) is 8.61. The van der Waals surface area contributed by atoms with Gasteiger partial charge < -0.3 is 52.3 Å². The molecule has 0 saturated carbocycles. The average molecular weight is 889 g/mol. The Balaban J connectivity index is 1.47. The lowest BCUT2D eigenvalue weighted by Gasteiger charge is -2.34. The van der Waals surface area contributed by atoms with Crippen molar-refractivity contribution in [2.24, 2.45) is 11.7 Å². The van der Waals surface area contributed by atoms with E-state index >= 15 is 0 Å². The van der Waals surface area contributed by atoms with Crippen molar-refractivity contribution >= 4 is 47.3 Å². The number of benzene rings is 2. The van der Waals surface area contributed by atoms with Gasteiger partial charge in [-0.25, -0.2) is 0 Å². The van der Waals surface area contributed by atoms with Gasteiger partial charge in [0.25, 0.3) is 5.91 Å². The topological polar surface area (TPSA) is 270 Å². The highest BCUT2D eigenvalue weighted by Gasteiger charge is 2.43. The minimum Gasteiger partial charge on any atom is -0.393 e. The maximum atomic E-state index is 14.5. The van der Waals surface area contributed by atoms with E-state index in [9.17, 15) is 48.6 Å². The van der Waals surface area contributed by atoms with Crippen LogP contribution in [0.25, 0.3) is 0 Å². The van der Waals surface area contributed by atoms with Crippen LogP contribution < -0.4 is 32.3 Å². The molecule has 5 rings (SSSR count). The van der Waals surface area contributed by atoms with E-state index < -0.39 is 108 Å². The van der Waals surface area contributed by atoms with Gasteiger partial charge in [-0.05, 0) is 74.8 Å². The van der Waals surface area contributed by atoms with Crippen molar-refractivity contribution in [3.8, 4) is 0 Å². The fraction of sp³-hybridized carbons (Fsp3) is 0.565. The minimum absolute atomic E-state index is 0.0610. The molecule has 2 aromatic rings. The SMILES string of the molecule is CCC(C)C1NC(=O)C(Cc2ccccc2)NC(=O)C2CCCN2C(=O)CNC(=O)C(CCC(N)=O)NC(=O)C(O)C(CC(O)CCCc2ccccc2)NC(=O)C2CCCN2C1=O. The summed E-state index contributed by atoms with van der Waals surface area (Å²) >= 11 is 0. The maximum absolute atomic E-state index is 14.5. The maximum Gasteiger partial charge on any atom is 0.251 e. The van der Waals surface area contributed by atoms with Crippen LogP contribution >= 0.6 is 0 Å². The zero-order valence-corrected chi connectivity index (χ0v) is 36.7. The molecule has 3 aliphatic rings. The van der Waals surface area contributed by atoms with Crippen molar-refractivity contribution in [3.05, 3.63) is 71.8 Å². The highest BCUT2D eigenvalue weighted by molar-refractivity contribution is 5.97. The number of nitrogens with one attached hydrogen (secondary N) is 5. The molecular weight excluding hydrogens is 825 g/mol. The molecule has 0 spiro atoms. The largest absolute Gasteiger partial charge is 0.393 e. The van der Waals surface area contributed by atoms with Gasteiger partial charge in [0.05, 0.1) is 18.7 Å². The van der Waals surface area contributed by atoms with Gasteiger partial charge in [-0.2, -0.15) is 0 Å². The number of rotatable bonds is 13. The first-order valence-electron chi connectivity index (χ1n) is 22.5. The zero-order valence-electron chi connectivity index (χ0n) is 36.7. The van der Waals surface area contributed by atoms with E-state index in [-0.39, 0.29) is 58.0 Å². The van der Waals surface area contributed by atoms with Crippen LogP contribution in [0, 0.1) is 5.92 Å². The van der Waals surface area contributed by atoms with Crippen molar-refractivity contribution in [1.82, 2.24) is 36.4 Å². The molecule has 64 heavy (non-hydrogen) atoms. The average Bonchev–Trinajstić information content (AvgIpc) is 3.99. The van der Waals surface area contributed by atoms with E-state index in [1.807, 2.05) is 43.3 Å². The molecule has 0 aromatic heterocycles. The summed E-state index contributed by atoms with van der Waals surface area (Å²) in [5.74, 6) is -6.28. The number of hydrogen-bond donors (Lipinski definition) is 8. The molecule has 9 atom stereocenters. The highest BCUT2D eigenvalue weighted by Crippen LogP contribution is 2.24. The Morgan fingerprint density at radius 2 is 1.36 bits per heavy atom. The van der Waals surface area contributed by atoms with Gasteiger partial charge in [-0.15, -0.1) is 0 Å². The van der Waals surface area contributed by atoms with Crippen LogP contribution in [0.2, 0.25) is 0 Å². The van der Waals surface area contributed by atoms with Gasteiger partial charge >= 0.3 is 0 Å². The number of aryl methyl sites for hydroxylation is 1. The molecule has 3 saturated heterocycles. The molecule has 2 aromatic carbocycles. The summed E-state index contributed by atoms with van der Waals surface area (Å²) in [5.41, 5.74) is 7.16. The van der Waals surface area contributed by atoms with E-state index in [1.165, 1.54) is 9.80 Å². The van der Waals surface area contributed by atoms with Crippen molar-refractivity contribution < 1.29 is 48.6 Å². The van der Waals surface area contributed by atoms with Crippen molar-refractivity contribution in [1.29, 1.82) is 0 Å². The number of aliphatic hydroxyl groups excluding tert-OH is 2. The summed E-state index contributed by atoms with van der Waals surface area (Å²) in [7, 11) is 0. The second-order valence-electron chi connectivity index (χ2n) is 17.2. The van der Waals surface area contributed by atoms with Crippen LogP contribution in [0.3, 0.4) is 0 Å². The van der Waals surface area contributed by atoms with Gasteiger partial charge in [-0.1, -0.05) is 80.9 Å². The predicted octanol–water partition coefficient (Wildman–Crippen LogP) is -0.273. The minimum atomic E-state index is -2.03. The number of carbonyl (C=O) groups is 8. The number of primary amides is 1. The van der Waals surface area contributed by atoms with E-state index in [0.717, 1.165) is 11.1 Å². The molecule has 3 aliphatic heterocycles. The molecular formula is C46H64N8O10. The number of carbonyl (C=O) groups excluding carboxylic acids is 8. The summed E-state index contributed by atoms with van der Waals surface area (Å²) in [5, 5.41) is 36.1. The quantitative estimate of drug-likeness (QED) is 0.130. The number of aliphatic hydroxyl groups is 2. The monoisotopic (exact) mass is 888 g/mol. The molecule has 18 nitrogen and oxygen atoms in total. The first kappa shape index (κ1) is 49.1. The number of hydrogen-bond acceptors (Lipinski definition) is 10. The summed E-state index contributed by atoms with van der Waals surface area (Å²) in [6.07, 6.45) is -0.695. The van der Waals surface area contributed by atoms with Crippen molar-refractivity contribution in [2.75, 3.05) is 19.6 Å². The Labute approximate surface area is 373 Å². The Hall–Kier alpha value is -5.88. The van der Waals surface area contributed by atoms with Gasteiger partial charge in [0.1, 0.15) is 30.2 Å². The Morgan fingerprint density at radius 3 is 2.00 bits per heavy atom. The van der Waals surface area contributed by atoms with Crippen LogP contribution in [0.15, 0.2) is 60.7 Å². The number of nitrogens with zero attached hydrogens (tertiary/aromatic N) is 2. The predicted molar refractivity (Wildman–Crippen MR) is 234 cm³/mol. The lowest BCUT2D eigenvalue weighted by atomic mass is 9.95. The second kappa shape index (κ2) is 23.7. The van der Waals surface area contributed by atoms with Crippen LogP contribution in [0.5, 0.6) is 0 Å². The van der Waals surface area contributed by atoms with Crippen LogP contribution in [-0.4, -0.2) is 135 Å². The molecule has 0 radical (unpaired) electrons. The first-order chi connectivity index (χ1) is 30.7.